The molecule has 1 aromatic rings. The molecule has 0 bridgehead atoms. The zero-order valence-corrected chi connectivity index (χ0v) is 13.7. The normalized spacial score (nSPS) is 17.0. The van der Waals surface area contributed by atoms with Crippen molar-refractivity contribution in [3.63, 3.8) is 0 Å². The molecule has 0 unspecified atom stereocenters. The van der Waals surface area contributed by atoms with Gasteiger partial charge in [0.25, 0.3) is 0 Å². The van der Waals surface area contributed by atoms with Crippen LogP contribution in [0.15, 0.2) is 18.2 Å². The van der Waals surface area contributed by atoms with Crippen molar-refractivity contribution in [2.45, 2.75) is 32.9 Å². The fourth-order valence-corrected chi connectivity index (χ4v) is 2.83. The number of benzene rings is 1. The number of morpholine rings is 1. The van der Waals surface area contributed by atoms with Crippen LogP contribution in [0.3, 0.4) is 0 Å². The molecule has 0 aliphatic carbocycles. The Morgan fingerprint density at radius 3 is 2.67 bits per heavy atom. The molecular weight excluding hydrogens is 264 g/mol. The minimum absolute atomic E-state index is 0.140. The number of methoxy groups -OCH3 is 1. The second kappa shape index (κ2) is 7.25. The van der Waals surface area contributed by atoms with E-state index in [1.54, 1.807) is 7.11 Å². The summed E-state index contributed by atoms with van der Waals surface area (Å²) in [6.07, 6.45) is 0. The standard InChI is InChI=1S/C17H28N2O2/c1-14-5-6-16(20-4)15(11-14)12-18-13-17(2,3)19-7-9-21-10-8-19/h5-6,11,18H,7-10,12-13H2,1-4H3. The summed E-state index contributed by atoms with van der Waals surface area (Å²) in [5, 5.41) is 3.58. The van der Waals surface area contributed by atoms with Crippen LogP contribution in [0.5, 0.6) is 5.75 Å². The highest BCUT2D eigenvalue weighted by atomic mass is 16.5. The Morgan fingerprint density at radius 2 is 2.00 bits per heavy atom. The van der Waals surface area contributed by atoms with Crippen molar-refractivity contribution in [1.82, 2.24) is 10.2 Å². The van der Waals surface area contributed by atoms with E-state index in [0.717, 1.165) is 45.1 Å². The molecule has 1 aromatic carbocycles. The maximum atomic E-state index is 5.43. The first kappa shape index (κ1) is 16.3. The molecule has 1 fully saturated rings. The Kier molecular flexibility index (Phi) is 5.62. The summed E-state index contributed by atoms with van der Waals surface area (Å²) in [6, 6.07) is 6.31. The molecule has 4 nitrogen and oxygen atoms in total. The molecule has 118 valence electrons. The van der Waals surface area contributed by atoms with Crippen LogP contribution in [0.25, 0.3) is 0 Å². The highest BCUT2D eigenvalue weighted by Crippen LogP contribution is 2.20. The summed E-state index contributed by atoms with van der Waals surface area (Å²) >= 11 is 0. The van der Waals surface area contributed by atoms with Crippen LogP contribution in [-0.4, -0.2) is 50.4 Å². The zero-order chi connectivity index (χ0) is 15.3. The van der Waals surface area contributed by atoms with Crippen LogP contribution in [0, 0.1) is 6.92 Å². The van der Waals surface area contributed by atoms with E-state index in [4.69, 9.17) is 9.47 Å². The minimum Gasteiger partial charge on any atom is -0.496 e. The third-order valence-corrected chi connectivity index (χ3v) is 4.18. The summed E-state index contributed by atoms with van der Waals surface area (Å²) in [7, 11) is 1.73. The van der Waals surface area contributed by atoms with E-state index in [-0.39, 0.29) is 5.54 Å². The Hall–Kier alpha value is -1.10. The molecule has 1 heterocycles. The smallest absolute Gasteiger partial charge is 0.123 e. The van der Waals surface area contributed by atoms with Gasteiger partial charge in [-0.3, -0.25) is 4.90 Å². The quantitative estimate of drug-likeness (QED) is 0.871. The zero-order valence-electron chi connectivity index (χ0n) is 13.7. The predicted molar refractivity (Wildman–Crippen MR) is 85.9 cm³/mol. The van der Waals surface area contributed by atoms with Crippen LogP contribution >= 0.6 is 0 Å². The molecule has 0 aromatic heterocycles. The molecule has 1 saturated heterocycles. The van der Waals surface area contributed by atoms with E-state index in [1.165, 1.54) is 11.1 Å². The SMILES string of the molecule is COc1ccc(C)cc1CNCC(C)(C)N1CCOCC1. The number of rotatable bonds is 6. The lowest BCUT2D eigenvalue weighted by atomic mass is 10.0. The summed E-state index contributed by atoms with van der Waals surface area (Å²) in [5.74, 6) is 0.956. The number of nitrogens with zero attached hydrogens (tertiary/aromatic N) is 1. The van der Waals surface area contributed by atoms with Crippen molar-refractivity contribution in [3.05, 3.63) is 29.3 Å². The Balaban J connectivity index is 1.89. The van der Waals surface area contributed by atoms with Crippen LogP contribution in [0.1, 0.15) is 25.0 Å². The van der Waals surface area contributed by atoms with E-state index in [1.807, 2.05) is 6.07 Å². The fraction of sp³-hybridized carbons (Fsp3) is 0.647. The van der Waals surface area contributed by atoms with E-state index < -0.39 is 0 Å². The molecule has 0 radical (unpaired) electrons. The molecule has 0 atom stereocenters. The summed E-state index contributed by atoms with van der Waals surface area (Å²) in [5.41, 5.74) is 2.62. The number of hydrogen-bond donors (Lipinski definition) is 1. The second-order valence-electron chi connectivity index (χ2n) is 6.33. The number of aryl methyl sites for hydroxylation is 1. The van der Waals surface area contributed by atoms with Crippen LogP contribution < -0.4 is 10.1 Å². The van der Waals surface area contributed by atoms with Crippen LogP contribution in [0.2, 0.25) is 0 Å². The fourth-order valence-electron chi connectivity index (χ4n) is 2.83. The third-order valence-electron chi connectivity index (χ3n) is 4.18. The lowest BCUT2D eigenvalue weighted by molar-refractivity contribution is -0.00967. The van der Waals surface area contributed by atoms with Crippen molar-refractivity contribution in [2.24, 2.45) is 0 Å². The summed E-state index contributed by atoms with van der Waals surface area (Å²) in [6.45, 7) is 12.2. The van der Waals surface area contributed by atoms with Gasteiger partial charge in [0.2, 0.25) is 0 Å². The molecule has 1 aliphatic heterocycles. The Morgan fingerprint density at radius 1 is 1.29 bits per heavy atom. The molecule has 4 heteroatoms. The van der Waals surface area contributed by atoms with Gasteiger partial charge in [-0.1, -0.05) is 17.7 Å². The number of hydrogen-bond acceptors (Lipinski definition) is 4. The molecule has 2 rings (SSSR count). The van der Waals surface area contributed by atoms with Crippen molar-refractivity contribution in [1.29, 1.82) is 0 Å². The summed E-state index contributed by atoms with van der Waals surface area (Å²) in [4.78, 5) is 2.50. The maximum absolute atomic E-state index is 5.43. The second-order valence-corrected chi connectivity index (χ2v) is 6.33. The van der Waals surface area contributed by atoms with Gasteiger partial charge in [-0.25, -0.2) is 0 Å². The topological polar surface area (TPSA) is 33.7 Å². The van der Waals surface area contributed by atoms with E-state index in [0.29, 0.717) is 0 Å². The van der Waals surface area contributed by atoms with E-state index in [2.05, 4.69) is 43.1 Å². The lowest BCUT2D eigenvalue weighted by Gasteiger charge is -2.41. The van der Waals surface area contributed by atoms with Gasteiger partial charge in [-0.15, -0.1) is 0 Å². The van der Waals surface area contributed by atoms with Gasteiger partial charge < -0.3 is 14.8 Å². The molecule has 0 amide bonds. The van der Waals surface area contributed by atoms with Gasteiger partial charge >= 0.3 is 0 Å². The highest BCUT2D eigenvalue weighted by Gasteiger charge is 2.27. The first-order valence-corrected chi connectivity index (χ1v) is 7.70. The third kappa shape index (κ3) is 4.43. The molecule has 21 heavy (non-hydrogen) atoms. The minimum atomic E-state index is 0.140. The van der Waals surface area contributed by atoms with E-state index in [9.17, 15) is 0 Å². The predicted octanol–water partition coefficient (Wildman–Crippen LogP) is 2.20. The largest absolute Gasteiger partial charge is 0.496 e. The summed E-state index contributed by atoms with van der Waals surface area (Å²) < 4.78 is 10.9. The molecule has 1 N–H and O–H groups in total. The first-order chi connectivity index (χ1) is 10.0. The molecule has 1 aliphatic rings. The van der Waals surface area contributed by atoms with Crippen molar-refractivity contribution in [3.8, 4) is 5.75 Å². The molecule has 0 saturated carbocycles. The van der Waals surface area contributed by atoms with Gasteiger partial charge in [0.1, 0.15) is 5.75 Å². The number of nitrogens with one attached hydrogen (secondary N) is 1. The highest BCUT2D eigenvalue weighted by molar-refractivity contribution is 5.36. The van der Waals surface area contributed by atoms with Gasteiger partial charge in [0.15, 0.2) is 0 Å². The average molecular weight is 292 g/mol. The van der Waals surface area contributed by atoms with Gasteiger partial charge in [-0.2, -0.15) is 0 Å². The van der Waals surface area contributed by atoms with Gasteiger partial charge in [0, 0.05) is 37.3 Å². The van der Waals surface area contributed by atoms with Gasteiger partial charge in [0.05, 0.1) is 20.3 Å². The van der Waals surface area contributed by atoms with Crippen molar-refractivity contribution in [2.75, 3.05) is 40.0 Å². The van der Waals surface area contributed by atoms with E-state index >= 15 is 0 Å². The first-order valence-electron chi connectivity index (χ1n) is 7.70. The average Bonchev–Trinajstić information content (AvgIpc) is 2.48. The van der Waals surface area contributed by atoms with Crippen molar-refractivity contribution < 1.29 is 9.47 Å². The lowest BCUT2D eigenvalue weighted by Crippen LogP contribution is -2.54. The molecular formula is C17H28N2O2. The van der Waals surface area contributed by atoms with Crippen molar-refractivity contribution >= 4 is 0 Å². The maximum Gasteiger partial charge on any atom is 0.123 e. The Bertz CT molecular complexity index is 454. The van der Waals surface area contributed by atoms with Crippen LogP contribution in [0.4, 0.5) is 0 Å². The van der Waals surface area contributed by atoms with Crippen LogP contribution in [-0.2, 0) is 11.3 Å². The molecule has 0 spiro atoms. The number of ether oxygens (including phenoxy) is 2. The van der Waals surface area contributed by atoms with Gasteiger partial charge in [-0.05, 0) is 26.8 Å². The Labute approximate surface area is 128 Å². The monoisotopic (exact) mass is 292 g/mol.